The van der Waals surface area contributed by atoms with Gasteiger partial charge in [0.25, 0.3) is 0 Å². The quantitative estimate of drug-likeness (QED) is 0.635. The molecule has 0 spiro atoms. The third-order valence-electron chi connectivity index (χ3n) is 7.39. The van der Waals surface area contributed by atoms with Crippen molar-refractivity contribution in [2.45, 2.75) is 57.7 Å². The lowest BCUT2D eigenvalue weighted by molar-refractivity contribution is -0.138. The van der Waals surface area contributed by atoms with Gasteiger partial charge in [-0.05, 0) is 51.2 Å². The Hall–Kier alpha value is -2.97. The number of nitrogens with two attached hydrogens (primary N) is 2. The van der Waals surface area contributed by atoms with E-state index in [1.165, 1.54) is 5.56 Å². The van der Waals surface area contributed by atoms with Crippen molar-refractivity contribution in [2.24, 2.45) is 11.5 Å². The predicted octanol–water partition coefficient (Wildman–Crippen LogP) is 2.20. The Morgan fingerprint density at radius 2 is 2.09 bits per heavy atom. The second kappa shape index (κ2) is 7.81. The minimum absolute atomic E-state index is 0.0766. The van der Waals surface area contributed by atoms with Crippen molar-refractivity contribution in [3.05, 3.63) is 58.4 Å². The molecule has 1 amide bonds. The van der Waals surface area contributed by atoms with E-state index in [0.717, 1.165) is 59.8 Å². The van der Waals surface area contributed by atoms with Gasteiger partial charge in [0.2, 0.25) is 5.91 Å². The van der Waals surface area contributed by atoms with E-state index < -0.39 is 5.54 Å². The van der Waals surface area contributed by atoms with Gasteiger partial charge in [-0.1, -0.05) is 23.8 Å². The third kappa shape index (κ3) is 3.57. The van der Waals surface area contributed by atoms with Gasteiger partial charge in [0, 0.05) is 44.0 Å². The minimum Gasteiger partial charge on any atom is -0.355 e. The molecule has 0 radical (unpaired) electrons. The Morgan fingerprint density at radius 3 is 2.82 bits per heavy atom. The first-order chi connectivity index (χ1) is 15.7. The summed E-state index contributed by atoms with van der Waals surface area (Å²) in [6.45, 7) is 7.80. The molecule has 5 rings (SSSR count). The second-order valence-electron chi connectivity index (χ2n) is 9.84. The molecule has 1 saturated heterocycles. The highest BCUT2D eigenvalue weighted by Gasteiger charge is 2.44. The fraction of sp³-hybridized carbons (Fsp3) is 0.480. The summed E-state index contributed by atoms with van der Waals surface area (Å²) in [5.41, 5.74) is 17.7. The van der Waals surface area contributed by atoms with Crippen molar-refractivity contribution in [1.82, 2.24) is 19.5 Å². The van der Waals surface area contributed by atoms with E-state index in [0.29, 0.717) is 6.42 Å². The number of carbonyl (C=O) groups excluding carboxylic acids is 1. The van der Waals surface area contributed by atoms with Gasteiger partial charge in [-0.3, -0.25) is 4.79 Å². The molecule has 1 aliphatic heterocycles. The Labute approximate surface area is 194 Å². The summed E-state index contributed by atoms with van der Waals surface area (Å²) in [6, 6.07) is 8.15. The number of fused-ring (bicyclic) bond motifs is 2. The monoisotopic (exact) mass is 447 g/mol. The molecule has 1 aliphatic carbocycles. The lowest BCUT2D eigenvalue weighted by Crippen LogP contribution is -2.51. The SMILES string of the molecule is Cc1ccc2c(c1)C(N)(C(=O)N(C)[C@@H](C)c1cc3nc(N4CC[C@H](N)C4)c(C)cn3n1)CC2. The van der Waals surface area contributed by atoms with E-state index in [1.807, 2.05) is 40.1 Å². The van der Waals surface area contributed by atoms with Crippen molar-refractivity contribution >= 4 is 17.4 Å². The highest BCUT2D eigenvalue weighted by Crippen LogP contribution is 2.38. The Balaban J connectivity index is 1.42. The number of likely N-dealkylation sites (N-methyl/N-ethyl adjacent to an activating group) is 1. The molecular formula is C25H33N7O. The zero-order valence-corrected chi connectivity index (χ0v) is 19.9. The zero-order chi connectivity index (χ0) is 23.5. The molecule has 3 heterocycles. The summed E-state index contributed by atoms with van der Waals surface area (Å²) in [5, 5.41) is 4.74. The van der Waals surface area contributed by atoms with Gasteiger partial charge in [-0.25, -0.2) is 9.50 Å². The number of hydrogen-bond acceptors (Lipinski definition) is 6. The summed E-state index contributed by atoms with van der Waals surface area (Å²) in [6.07, 6.45) is 4.42. The molecule has 0 bridgehead atoms. The van der Waals surface area contributed by atoms with Crippen LogP contribution in [-0.4, -0.2) is 51.6 Å². The van der Waals surface area contributed by atoms with Gasteiger partial charge >= 0.3 is 0 Å². The van der Waals surface area contributed by atoms with Crippen LogP contribution in [-0.2, 0) is 16.8 Å². The molecule has 2 aliphatic rings. The molecule has 3 atom stereocenters. The molecule has 4 N–H and O–H groups in total. The lowest BCUT2D eigenvalue weighted by atomic mass is 9.90. The molecule has 174 valence electrons. The van der Waals surface area contributed by atoms with E-state index in [4.69, 9.17) is 21.5 Å². The highest BCUT2D eigenvalue weighted by molar-refractivity contribution is 5.89. The summed E-state index contributed by atoms with van der Waals surface area (Å²) in [4.78, 5) is 22.5. The largest absolute Gasteiger partial charge is 0.355 e. The fourth-order valence-electron chi connectivity index (χ4n) is 5.22. The maximum absolute atomic E-state index is 13.6. The van der Waals surface area contributed by atoms with Crippen LogP contribution in [0, 0.1) is 13.8 Å². The Morgan fingerprint density at radius 1 is 1.30 bits per heavy atom. The smallest absolute Gasteiger partial charge is 0.247 e. The predicted molar refractivity (Wildman–Crippen MR) is 129 cm³/mol. The third-order valence-corrected chi connectivity index (χ3v) is 7.39. The first kappa shape index (κ1) is 21.9. The maximum Gasteiger partial charge on any atom is 0.247 e. The number of hydrogen-bond donors (Lipinski definition) is 2. The minimum atomic E-state index is -1.000. The first-order valence-corrected chi connectivity index (χ1v) is 11.7. The Bertz CT molecular complexity index is 1230. The van der Waals surface area contributed by atoms with E-state index >= 15 is 0 Å². The molecule has 1 aromatic carbocycles. The average Bonchev–Trinajstić information content (AvgIpc) is 3.49. The van der Waals surface area contributed by atoms with Gasteiger partial charge in [-0.15, -0.1) is 0 Å². The lowest BCUT2D eigenvalue weighted by Gasteiger charge is -2.33. The summed E-state index contributed by atoms with van der Waals surface area (Å²) >= 11 is 0. The number of benzene rings is 1. The first-order valence-electron chi connectivity index (χ1n) is 11.7. The van der Waals surface area contributed by atoms with E-state index in [2.05, 4.69) is 23.1 Å². The van der Waals surface area contributed by atoms with E-state index in [1.54, 1.807) is 9.42 Å². The number of aryl methyl sites for hydroxylation is 3. The second-order valence-corrected chi connectivity index (χ2v) is 9.84. The number of nitrogens with zero attached hydrogens (tertiary/aromatic N) is 5. The van der Waals surface area contributed by atoms with Crippen LogP contribution in [0.25, 0.3) is 5.65 Å². The maximum atomic E-state index is 13.6. The number of rotatable bonds is 4. The molecule has 3 aromatic rings. The summed E-state index contributed by atoms with van der Waals surface area (Å²) in [5.74, 6) is 0.880. The van der Waals surface area contributed by atoms with Crippen molar-refractivity contribution < 1.29 is 4.79 Å². The average molecular weight is 448 g/mol. The van der Waals surface area contributed by atoms with Crippen LogP contribution in [0.4, 0.5) is 5.82 Å². The number of amides is 1. The van der Waals surface area contributed by atoms with Gasteiger partial charge in [-0.2, -0.15) is 5.10 Å². The summed E-state index contributed by atoms with van der Waals surface area (Å²) in [7, 11) is 1.81. The highest BCUT2D eigenvalue weighted by atomic mass is 16.2. The Kier molecular flexibility index (Phi) is 5.17. The molecule has 1 unspecified atom stereocenters. The molecule has 33 heavy (non-hydrogen) atoms. The molecular weight excluding hydrogens is 414 g/mol. The molecule has 8 heteroatoms. The molecule has 0 saturated carbocycles. The normalized spacial score (nSPS) is 23.2. The fourth-order valence-corrected chi connectivity index (χ4v) is 5.22. The van der Waals surface area contributed by atoms with Crippen molar-refractivity contribution in [3.8, 4) is 0 Å². The molecule has 8 nitrogen and oxygen atoms in total. The zero-order valence-electron chi connectivity index (χ0n) is 19.9. The van der Waals surface area contributed by atoms with Gasteiger partial charge in [0.1, 0.15) is 11.4 Å². The van der Waals surface area contributed by atoms with Crippen LogP contribution in [0.15, 0.2) is 30.5 Å². The van der Waals surface area contributed by atoms with Crippen LogP contribution in [0.1, 0.15) is 53.8 Å². The van der Waals surface area contributed by atoms with E-state index in [-0.39, 0.29) is 18.0 Å². The van der Waals surface area contributed by atoms with Gasteiger partial charge in [0.15, 0.2) is 5.65 Å². The van der Waals surface area contributed by atoms with E-state index in [9.17, 15) is 4.79 Å². The van der Waals surface area contributed by atoms with Crippen LogP contribution in [0.5, 0.6) is 0 Å². The number of carbonyl (C=O) groups is 1. The van der Waals surface area contributed by atoms with Crippen LogP contribution >= 0.6 is 0 Å². The van der Waals surface area contributed by atoms with Crippen molar-refractivity contribution in [1.29, 1.82) is 0 Å². The van der Waals surface area contributed by atoms with Crippen LogP contribution < -0.4 is 16.4 Å². The van der Waals surface area contributed by atoms with Crippen LogP contribution in [0.3, 0.4) is 0 Å². The topological polar surface area (TPSA) is 106 Å². The van der Waals surface area contributed by atoms with Gasteiger partial charge < -0.3 is 21.3 Å². The molecule has 1 fully saturated rings. The van der Waals surface area contributed by atoms with Crippen LogP contribution in [0.2, 0.25) is 0 Å². The van der Waals surface area contributed by atoms with Crippen molar-refractivity contribution in [2.75, 3.05) is 25.0 Å². The number of anilines is 1. The van der Waals surface area contributed by atoms with Gasteiger partial charge in [0.05, 0.1) is 11.7 Å². The van der Waals surface area contributed by atoms with Crippen molar-refractivity contribution in [3.63, 3.8) is 0 Å². The standard InChI is InChI=1S/C25H33N7O/c1-15-5-6-18-7-9-25(27,20(18)11-15)24(33)30(4)17(3)21-12-22-28-23(16(2)13-32(22)29-21)31-10-8-19(26)14-31/h5-6,11-13,17,19H,7-10,14,26-27H2,1-4H3/t17-,19-,25?/m0/s1. The number of aromatic nitrogens is 3. The molecule has 2 aromatic heterocycles. The summed E-state index contributed by atoms with van der Waals surface area (Å²) < 4.78 is 1.80.